The second kappa shape index (κ2) is 6.58. The Bertz CT molecular complexity index is 814. The first-order valence-electron chi connectivity index (χ1n) is 7.65. The van der Waals surface area contributed by atoms with E-state index < -0.39 is 0 Å². The lowest BCUT2D eigenvalue weighted by Crippen LogP contribution is -2.17. The lowest BCUT2D eigenvalue weighted by atomic mass is 10.1. The molecule has 0 saturated carbocycles. The van der Waals surface area contributed by atoms with Gasteiger partial charge in [0.2, 0.25) is 5.91 Å². The number of thioether (sulfide) groups is 1. The summed E-state index contributed by atoms with van der Waals surface area (Å²) in [5.41, 5.74) is 4.76. The van der Waals surface area contributed by atoms with Crippen LogP contribution in [0.3, 0.4) is 0 Å². The van der Waals surface area contributed by atoms with Gasteiger partial charge < -0.3 is 10.3 Å². The Labute approximate surface area is 138 Å². The van der Waals surface area contributed by atoms with Crippen LogP contribution in [0.25, 0.3) is 0 Å². The highest BCUT2D eigenvalue weighted by atomic mass is 32.2. The van der Waals surface area contributed by atoms with Crippen molar-refractivity contribution in [3.8, 4) is 0 Å². The Morgan fingerprint density at radius 2 is 2.17 bits per heavy atom. The summed E-state index contributed by atoms with van der Waals surface area (Å²) in [7, 11) is 0. The molecule has 1 aliphatic carbocycles. The van der Waals surface area contributed by atoms with Gasteiger partial charge >= 0.3 is 5.69 Å². The second-order valence-electron chi connectivity index (χ2n) is 5.81. The maximum Gasteiger partial charge on any atom is 0.346 e. The Morgan fingerprint density at radius 3 is 2.96 bits per heavy atom. The van der Waals surface area contributed by atoms with Gasteiger partial charge in [0.1, 0.15) is 5.03 Å². The van der Waals surface area contributed by atoms with E-state index in [-0.39, 0.29) is 17.3 Å². The number of H-pyrrole nitrogens is 1. The van der Waals surface area contributed by atoms with E-state index in [4.69, 9.17) is 0 Å². The van der Waals surface area contributed by atoms with Gasteiger partial charge in [-0.05, 0) is 44.7 Å². The van der Waals surface area contributed by atoms with Crippen molar-refractivity contribution in [2.24, 2.45) is 0 Å². The molecule has 0 radical (unpaired) electrons. The largest absolute Gasteiger partial charge is 0.346 e. The van der Waals surface area contributed by atoms with Crippen molar-refractivity contribution in [2.75, 3.05) is 11.1 Å². The van der Waals surface area contributed by atoms with Crippen LogP contribution in [0.2, 0.25) is 0 Å². The number of nitrogens with zero attached hydrogens (tertiary/aromatic N) is 1. The van der Waals surface area contributed by atoms with Crippen molar-refractivity contribution in [2.45, 2.75) is 38.1 Å². The smallest absolute Gasteiger partial charge is 0.325 e. The molecule has 0 fully saturated rings. The Morgan fingerprint density at radius 1 is 1.35 bits per heavy atom. The predicted octanol–water partition coefficient (Wildman–Crippen LogP) is 2.61. The standard InChI is InChI=1S/C17H19N3O2S/c1-10-6-7-13(11(2)8-10)18-15(21)9-23-16-12-4-3-5-14(12)19-17(22)20-16/h6-8H,3-5,9H2,1-2H3,(H,18,21)(H,19,20,22). The third kappa shape index (κ3) is 3.64. The van der Waals surface area contributed by atoms with Crippen LogP contribution in [0, 0.1) is 13.8 Å². The average Bonchev–Trinajstić information content (AvgIpc) is 2.96. The van der Waals surface area contributed by atoms with E-state index in [0.717, 1.165) is 47.3 Å². The maximum atomic E-state index is 12.2. The fraction of sp³-hybridized carbons (Fsp3) is 0.353. The number of hydrogen-bond acceptors (Lipinski definition) is 4. The number of anilines is 1. The maximum absolute atomic E-state index is 12.2. The van der Waals surface area contributed by atoms with Crippen LogP contribution in [0.5, 0.6) is 0 Å². The Kier molecular flexibility index (Phi) is 4.52. The molecule has 2 N–H and O–H groups in total. The van der Waals surface area contributed by atoms with Crippen molar-refractivity contribution in [3.63, 3.8) is 0 Å². The molecule has 0 saturated heterocycles. The number of aryl methyl sites for hydroxylation is 3. The molecule has 0 atom stereocenters. The number of benzene rings is 1. The van der Waals surface area contributed by atoms with Crippen molar-refractivity contribution in [1.82, 2.24) is 9.97 Å². The molecule has 2 aromatic rings. The minimum Gasteiger partial charge on any atom is -0.325 e. The van der Waals surface area contributed by atoms with Gasteiger partial charge in [-0.1, -0.05) is 29.5 Å². The van der Waals surface area contributed by atoms with Gasteiger partial charge in [0.15, 0.2) is 0 Å². The van der Waals surface area contributed by atoms with Crippen molar-refractivity contribution in [3.05, 3.63) is 51.1 Å². The topological polar surface area (TPSA) is 74.8 Å². The molecule has 1 aromatic heterocycles. The molecule has 1 amide bonds. The van der Waals surface area contributed by atoms with Crippen LogP contribution in [0.1, 0.15) is 28.8 Å². The van der Waals surface area contributed by atoms with Crippen molar-refractivity contribution >= 4 is 23.4 Å². The predicted molar refractivity (Wildman–Crippen MR) is 92.2 cm³/mol. The molecule has 120 valence electrons. The number of amides is 1. The first-order chi connectivity index (χ1) is 11.0. The summed E-state index contributed by atoms with van der Waals surface area (Å²) in [6, 6.07) is 5.92. The number of aromatic amines is 1. The fourth-order valence-corrected chi connectivity index (χ4v) is 3.71. The third-order valence-electron chi connectivity index (χ3n) is 3.93. The highest BCUT2D eigenvalue weighted by Crippen LogP contribution is 2.28. The highest BCUT2D eigenvalue weighted by Gasteiger charge is 2.18. The molecule has 0 spiro atoms. The molecule has 1 heterocycles. The SMILES string of the molecule is Cc1ccc(NC(=O)CSc2nc(=O)[nH]c3c2CCC3)c(C)c1. The second-order valence-corrected chi connectivity index (χ2v) is 6.78. The van der Waals surface area contributed by atoms with E-state index in [1.165, 1.54) is 11.8 Å². The third-order valence-corrected chi connectivity index (χ3v) is 4.95. The van der Waals surface area contributed by atoms with E-state index >= 15 is 0 Å². The van der Waals surface area contributed by atoms with Gasteiger partial charge in [0, 0.05) is 16.9 Å². The van der Waals surface area contributed by atoms with E-state index in [2.05, 4.69) is 15.3 Å². The quantitative estimate of drug-likeness (QED) is 0.668. The van der Waals surface area contributed by atoms with Gasteiger partial charge in [-0.25, -0.2) is 4.79 Å². The van der Waals surface area contributed by atoms with Gasteiger partial charge in [-0.3, -0.25) is 4.79 Å². The Hall–Kier alpha value is -2.08. The number of hydrogen-bond donors (Lipinski definition) is 2. The molecular weight excluding hydrogens is 310 g/mol. The van der Waals surface area contributed by atoms with Crippen LogP contribution in [-0.4, -0.2) is 21.6 Å². The summed E-state index contributed by atoms with van der Waals surface area (Å²) >= 11 is 1.33. The van der Waals surface area contributed by atoms with E-state index in [9.17, 15) is 9.59 Å². The fourth-order valence-electron chi connectivity index (χ4n) is 2.83. The molecule has 0 unspecified atom stereocenters. The number of fused-ring (bicyclic) bond motifs is 1. The minimum atomic E-state index is -0.331. The zero-order valence-corrected chi connectivity index (χ0v) is 14.0. The first kappa shape index (κ1) is 15.8. The summed E-state index contributed by atoms with van der Waals surface area (Å²) in [4.78, 5) is 30.6. The number of nitrogens with one attached hydrogen (secondary N) is 2. The van der Waals surface area contributed by atoms with Crippen LogP contribution in [0.4, 0.5) is 5.69 Å². The monoisotopic (exact) mass is 329 g/mol. The average molecular weight is 329 g/mol. The van der Waals surface area contributed by atoms with E-state index in [1.54, 1.807) is 0 Å². The van der Waals surface area contributed by atoms with E-state index in [0.29, 0.717) is 5.03 Å². The van der Waals surface area contributed by atoms with E-state index in [1.807, 2.05) is 32.0 Å². The summed E-state index contributed by atoms with van der Waals surface area (Å²) in [5, 5.41) is 3.61. The molecule has 1 aromatic carbocycles. The number of rotatable bonds is 4. The molecule has 1 aliphatic rings. The zero-order valence-electron chi connectivity index (χ0n) is 13.2. The van der Waals surface area contributed by atoms with Crippen molar-refractivity contribution < 1.29 is 4.79 Å². The van der Waals surface area contributed by atoms with Gasteiger partial charge in [0.25, 0.3) is 0 Å². The zero-order chi connectivity index (χ0) is 16.4. The number of aromatic nitrogens is 2. The summed E-state index contributed by atoms with van der Waals surface area (Å²) in [5.74, 6) is 0.159. The molecule has 6 heteroatoms. The molecule has 3 rings (SSSR count). The minimum absolute atomic E-state index is 0.0872. The highest BCUT2D eigenvalue weighted by molar-refractivity contribution is 8.00. The molecule has 0 aliphatic heterocycles. The van der Waals surface area contributed by atoms with Gasteiger partial charge in [-0.15, -0.1) is 0 Å². The molecule has 5 nitrogen and oxygen atoms in total. The Balaban J connectivity index is 1.67. The number of carbonyl (C=O) groups excluding carboxylic acids is 1. The van der Waals surface area contributed by atoms with Gasteiger partial charge in [0.05, 0.1) is 5.75 Å². The summed E-state index contributed by atoms with van der Waals surface area (Å²) < 4.78 is 0. The molecule has 23 heavy (non-hydrogen) atoms. The number of carbonyl (C=O) groups is 1. The van der Waals surface area contributed by atoms with Crippen LogP contribution in [0.15, 0.2) is 28.0 Å². The van der Waals surface area contributed by atoms with Crippen molar-refractivity contribution in [1.29, 1.82) is 0 Å². The summed E-state index contributed by atoms with van der Waals surface area (Å²) in [6.45, 7) is 3.99. The lowest BCUT2D eigenvalue weighted by Gasteiger charge is -2.10. The molecular formula is C17H19N3O2S. The normalized spacial score (nSPS) is 13.0. The van der Waals surface area contributed by atoms with Crippen LogP contribution < -0.4 is 11.0 Å². The first-order valence-corrected chi connectivity index (χ1v) is 8.63. The van der Waals surface area contributed by atoms with Gasteiger partial charge in [-0.2, -0.15) is 4.98 Å². The van der Waals surface area contributed by atoms with Crippen LogP contribution in [-0.2, 0) is 17.6 Å². The summed E-state index contributed by atoms with van der Waals surface area (Å²) in [6.07, 6.45) is 2.83. The lowest BCUT2D eigenvalue weighted by molar-refractivity contribution is -0.113. The van der Waals surface area contributed by atoms with Crippen LogP contribution >= 0.6 is 11.8 Å². The molecule has 0 bridgehead atoms.